The van der Waals surface area contributed by atoms with Gasteiger partial charge in [-0.2, -0.15) is 15.2 Å². The number of carbonyl (C=O) groups is 2. The average molecular weight is 400 g/mol. The van der Waals surface area contributed by atoms with Gasteiger partial charge in [0.25, 0.3) is 0 Å². The molecular weight excluding hydrogens is 376 g/mol. The van der Waals surface area contributed by atoms with Gasteiger partial charge in [0.1, 0.15) is 0 Å². The van der Waals surface area contributed by atoms with Crippen LogP contribution in [0.15, 0.2) is 59.7 Å². The maximum atomic E-state index is 13.7. The number of rotatable bonds is 2. The van der Waals surface area contributed by atoms with Gasteiger partial charge >= 0.3 is 0 Å². The van der Waals surface area contributed by atoms with Gasteiger partial charge in [0.05, 0.1) is 34.5 Å². The zero-order chi connectivity index (χ0) is 20.5. The summed E-state index contributed by atoms with van der Waals surface area (Å²) in [5.41, 5.74) is 3.45. The van der Waals surface area contributed by atoms with Crippen molar-refractivity contribution in [3.8, 4) is 0 Å². The molecule has 2 saturated heterocycles. The zero-order valence-corrected chi connectivity index (χ0v) is 17.0. The smallest absolute Gasteiger partial charge is 0.240 e. The number of anilines is 2. The normalized spacial score (nSPS) is 30.4. The summed E-state index contributed by atoms with van der Waals surface area (Å²) in [6.07, 6.45) is 3.89. The first-order valence-electron chi connectivity index (χ1n) is 10.8. The van der Waals surface area contributed by atoms with E-state index in [1.54, 1.807) is 0 Å². The van der Waals surface area contributed by atoms with E-state index in [4.69, 9.17) is 5.10 Å². The van der Waals surface area contributed by atoms with Gasteiger partial charge in [0, 0.05) is 6.54 Å². The Hall–Kier alpha value is -2.99. The molecule has 6 nitrogen and oxygen atoms in total. The molecule has 4 aliphatic rings. The SMILES string of the molecule is Cc1ccc(N2N=C3CCCC[C@]34[C@H]3C(=O)N(c5ccccc5)C(=O)[C@H]3CN24)cc1. The Morgan fingerprint density at radius 1 is 0.933 bits per heavy atom. The van der Waals surface area contributed by atoms with E-state index >= 15 is 0 Å². The lowest BCUT2D eigenvalue weighted by molar-refractivity contribution is -0.124. The number of aryl methyl sites for hydroxylation is 1. The molecule has 152 valence electrons. The fourth-order valence-corrected chi connectivity index (χ4v) is 5.88. The van der Waals surface area contributed by atoms with Gasteiger partial charge in [-0.15, -0.1) is 0 Å². The highest BCUT2D eigenvalue weighted by Gasteiger charge is 2.70. The van der Waals surface area contributed by atoms with E-state index in [9.17, 15) is 9.59 Å². The fraction of sp³-hybridized carbons (Fsp3) is 0.375. The first kappa shape index (κ1) is 17.8. The summed E-state index contributed by atoms with van der Waals surface area (Å²) in [6, 6.07) is 17.6. The molecule has 1 spiro atoms. The number of fused-ring (bicyclic) bond motifs is 1. The molecule has 3 heterocycles. The van der Waals surface area contributed by atoms with Crippen molar-refractivity contribution in [1.29, 1.82) is 0 Å². The highest BCUT2D eigenvalue weighted by molar-refractivity contribution is 6.24. The second-order valence-electron chi connectivity index (χ2n) is 8.82. The maximum Gasteiger partial charge on any atom is 0.240 e. The molecule has 2 aromatic rings. The van der Waals surface area contributed by atoms with E-state index in [0.29, 0.717) is 12.2 Å². The molecule has 6 heteroatoms. The lowest BCUT2D eigenvalue weighted by Gasteiger charge is -2.41. The highest BCUT2D eigenvalue weighted by atomic mass is 16.2. The van der Waals surface area contributed by atoms with Crippen LogP contribution in [-0.2, 0) is 9.59 Å². The van der Waals surface area contributed by atoms with Crippen LogP contribution in [0, 0.1) is 18.8 Å². The van der Waals surface area contributed by atoms with Crippen LogP contribution < -0.4 is 10.0 Å². The average Bonchev–Trinajstić information content (AvgIpc) is 3.34. The minimum absolute atomic E-state index is 0.0703. The molecule has 0 radical (unpaired) electrons. The summed E-state index contributed by atoms with van der Waals surface area (Å²) in [5, 5.41) is 9.18. The van der Waals surface area contributed by atoms with Crippen LogP contribution in [0.5, 0.6) is 0 Å². The van der Waals surface area contributed by atoms with Crippen molar-refractivity contribution in [3.05, 3.63) is 60.2 Å². The van der Waals surface area contributed by atoms with Crippen LogP contribution in [0.1, 0.15) is 31.2 Å². The molecule has 30 heavy (non-hydrogen) atoms. The lowest BCUT2D eigenvalue weighted by Crippen LogP contribution is -2.57. The van der Waals surface area contributed by atoms with Crippen molar-refractivity contribution in [2.75, 3.05) is 16.6 Å². The second kappa shape index (κ2) is 6.25. The van der Waals surface area contributed by atoms with Gasteiger partial charge in [-0.25, -0.2) is 4.90 Å². The molecule has 2 amide bonds. The van der Waals surface area contributed by atoms with E-state index in [-0.39, 0.29) is 23.7 Å². The molecule has 3 aliphatic heterocycles. The van der Waals surface area contributed by atoms with Crippen molar-refractivity contribution in [1.82, 2.24) is 5.01 Å². The van der Waals surface area contributed by atoms with Gasteiger partial charge in [0.15, 0.2) is 0 Å². The number of imide groups is 1. The minimum Gasteiger partial charge on any atom is -0.274 e. The number of benzene rings is 2. The maximum absolute atomic E-state index is 13.7. The largest absolute Gasteiger partial charge is 0.274 e. The summed E-state index contributed by atoms with van der Waals surface area (Å²) in [5.74, 6) is -0.832. The molecule has 1 saturated carbocycles. The predicted molar refractivity (Wildman–Crippen MR) is 115 cm³/mol. The van der Waals surface area contributed by atoms with Gasteiger partial charge in [-0.3, -0.25) is 9.59 Å². The quantitative estimate of drug-likeness (QED) is 0.724. The fourth-order valence-electron chi connectivity index (χ4n) is 5.88. The van der Waals surface area contributed by atoms with Crippen LogP contribution in [0.4, 0.5) is 11.4 Å². The van der Waals surface area contributed by atoms with Crippen LogP contribution in [0.25, 0.3) is 0 Å². The van der Waals surface area contributed by atoms with Crippen LogP contribution in [-0.4, -0.2) is 34.6 Å². The van der Waals surface area contributed by atoms with E-state index in [2.05, 4.69) is 36.2 Å². The predicted octanol–water partition coefficient (Wildman–Crippen LogP) is 3.52. The molecule has 0 N–H and O–H groups in total. The second-order valence-corrected chi connectivity index (χ2v) is 8.82. The summed E-state index contributed by atoms with van der Waals surface area (Å²) >= 11 is 0. The van der Waals surface area contributed by atoms with E-state index in [1.165, 1.54) is 10.5 Å². The Balaban J connectivity index is 1.44. The Morgan fingerprint density at radius 3 is 2.47 bits per heavy atom. The first-order chi connectivity index (χ1) is 14.6. The van der Waals surface area contributed by atoms with Crippen LogP contribution >= 0.6 is 0 Å². The zero-order valence-electron chi connectivity index (χ0n) is 17.0. The molecule has 2 aromatic carbocycles. The standard InChI is InChI=1S/C24H24N4O2/c1-16-10-12-18(13-11-16)28-25-20-9-5-6-14-24(20)21-19(15-26(24)28)22(29)27(23(21)30)17-7-3-2-4-8-17/h2-4,7-8,10-13,19,21H,5-6,9,14-15H2,1H3/t19-,21+,24+/m0/s1. The molecule has 3 atom stereocenters. The summed E-state index contributed by atoms with van der Waals surface area (Å²) < 4.78 is 0. The Morgan fingerprint density at radius 2 is 1.70 bits per heavy atom. The van der Waals surface area contributed by atoms with E-state index in [0.717, 1.165) is 37.1 Å². The molecule has 3 fully saturated rings. The first-order valence-corrected chi connectivity index (χ1v) is 10.8. The van der Waals surface area contributed by atoms with E-state index in [1.807, 2.05) is 35.4 Å². The van der Waals surface area contributed by atoms with Crippen molar-refractivity contribution in [2.24, 2.45) is 16.9 Å². The van der Waals surface area contributed by atoms with Gasteiger partial charge in [0.2, 0.25) is 11.8 Å². The lowest BCUT2D eigenvalue weighted by atomic mass is 9.70. The van der Waals surface area contributed by atoms with Gasteiger partial charge in [-0.05, 0) is 50.5 Å². The number of hydrazone groups is 1. The Kier molecular flexibility index (Phi) is 3.72. The van der Waals surface area contributed by atoms with Crippen LogP contribution in [0.2, 0.25) is 0 Å². The van der Waals surface area contributed by atoms with Crippen molar-refractivity contribution < 1.29 is 9.59 Å². The molecule has 6 rings (SSSR count). The molecule has 0 unspecified atom stereocenters. The van der Waals surface area contributed by atoms with Crippen LogP contribution in [0.3, 0.4) is 0 Å². The Labute approximate surface area is 175 Å². The molecule has 0 bridgehead atoms. The van der Waals surface area contributed by atoms with Gasteiger partial charge < -0.3 is 0 Å². The third kappa shape index (κ3) is 2.20. The molecule has 1 aliphatic carbocycles. The monoisotopic (exact) mass is 400 g/mol. The van der Waals surface area contributed by atoms with Crippen molar-refractivity contribution >= 4 is 28.9 Å². The Bertz CT molecular complexity index is 1060. The number of para-hydroxylation sites is 1. The number of nitrogens with zero attached hydrogens (tertiary/aromatic N) is 4. The summed E-state index contributed by atoms with van der Waals surface area (Å²) in [6.45, 7) is 2.59. The van der Waals surface area contributed by atoms with Crippen molar-refractivity contribution in [3.63, 3.8) is 0 Å². The highest BCUT2D eigenvalue weighted by Crippen LogP contribution is 2.55. The number of amides is 2. The van der Waals surface area contributed by atoms with Crippen molar-refractivity contribution in [2.45, 2.75) is 38.1 Å². The third-order valence-electron chi connectivity index (χ3n) is 7.22. The van der Waals surface area contributed by atoms with E-state index < -0.39 is 5.54 Å². The number of hydrazine groups is 1. The van der Waals surface area contributed by atoms with Gasteiger partial charge in [-0.1, -0.05) is 42.3 Å². The molecular formula is C24H24N4O2. The minimum atomic E-state index is -0.468. The number of hydrogen-bond donors (Lipinski definition) is 0. The summed E-state index contributed by atoms with van der Waals surface area (Å²) in [7, 11) is 0. The summed E-state index contributed by atoms with van der Waals surface area (Å²) in [4.78, 5) is 28.5. The molecule has 0 aromatic heterocycles. The third-order valence-corrected chi connectivity index (χ3v) is 7.22. The number of carbonyl (C=O) groups excluding carboxylic acids is 2. The number of hydrogen-bond acceptors (Lipinski definition) is 5. The topological polar surface area (TPSA) is 56.2 Å².